The Morgan fingerprint density at radius 1 is 1.20 bits per heavy atom. The normalized spacial score (nSPS) is 17.6. The summed E-state index contributed by atoms with van der Waals surface area (Å²) in [5.74, 6) is 0. The van der Waals surface area contributed by atoms with Crippen LogP contribution in [-0.4, -0.2) is 18.5 Å². The lowest BCUT2D eigenvalue weighted by molar-refractivity contribution is -0.137. The highest BCUT2D eigenvalue weighted by Gasteiger charge is 2.31. The summed E-state index contributed by atoms with van der Waals surface area (Å²) in [6.07, 6.45) is -3.52. The van der Waals surface area contributed by atoms with E-state index in [0.29, 0.717) is 6.42 Å². The molecule has 1 aliphatic rings. The number of rotatable bonds is 0. The first kappa shape index (κ1) is 10.5. The van der Waals surface area contributed by atoms with Crippen LogP contribution in [0.25, 0.3) is 0 Å². The Kier molecular flexibility index (Phi) is 2.46. The Hall–Kier alpha value is -1.03. The van der Waals surface area contributed by atoms with Crippen molar-refractivity contribution in [1.82, 2.24) is 4.90 Å². The molecule has 0 aliphatic carbocycles. The second kappa shape index (κ2) is 3.52. The average Bonchev–Trinajstić information content (AvgIpc) is 2.15. The minimum Gasteiger partial charge on any atom is -0.302 e. The number of likely N-dealkylation sites (N-methyl/N-ethyl adjacent to an activating group) is 1. The van der Waals surface area contributed by atoms with Crippen LogP contribution in [-0.2, 0) is 19.1 Å². The number of benzene rings is 1. The Morgan fingerprint density at radius 3 is 2.60 bits per heavy atom. The molecule has 0 saturated heterocycles. The van der Waals surface area contributed by atoms with Gasteiger partial charge in [0.2, 0.25) is 0 Å². The molecule has 1 heterocycles. The maximum atomic E-state index is 12.4. The molecule has 1 aromatic rings. The molecule has 2 rings (SSSR count). The lowest BCUT2D eigenvalue weighted by Crippen LogP contribution is -2.26. The number of halogens is 3. The SMILES string of the molecule is CN1CCc2cc(C(F)(F)F)ccc2C1. The Bertz CT molecular complexity index is 371. The number of hydrogen-bond donors (Lipinski definition) is 0. The van der Waals surface area contributed by atoms with Crippen LogP contribution in [0.2, 0.25) is 0 Å². The lowest BCUT2D eigenvalue weighted by Gasteiger charge is -2.25. The van der Waals surface area contributed by atoms with Gasteiger partial charge in [-0.15, -0.1) is 0 Å². The molecule has 0 atom stereocenters. The minimum absolute atomic E-state index is 0.536. The van der Waals surface area contributed by atoms with Crippen molar-refractivity contribution in [2.45, 2.75) is 19.1 Å². The molecule has 0 amide bonds. The standard InChI is InChI=1S/C11H12F3N/c1-15-5-4-8-6-10(11(12,13)14)3-2-9(8)7-15/h2-3,6H,4-5,7H2,1H3. The molecular formula is C11H12F3N. The van der Waals surface area contributed by atoms with Crippen LogP contribution in [0.3, 0.4) is 0 Å². The third-order valence-corrected chi connectivity index (χ3v) is 2.74. The molecule has 0 bridgehead atoms. The Balaban J connectivity index is 2.35. The summed E-state index contributed by atoms with van der Waals surface area (Å²) in [6.45, 7) is 1.57. The van der Waals surface area contributed by atoms with Crippen molar-refractivity contribution in [1.29, 1.82) is 0 Å². The molecule has 0 N–H and O–H groups in total. The minimum atomic E-state index is -4.22. The van der Waals surface area contributed by atoms with Crippen LogP contribution in [0, 0.1) is 0 Å². The highest BCUT2D eigenvalue weighted by molar-refractivity contribution is 5.34. The molecule has 1 aliphatic heterocycles. The number of alkyl halides is 3. The molecule has 0 spiro atoms. The van der Waals surface area contributed by atoms with Crippen molar-refractivity contribution < 1.29 is 13.2 Å². The first-order chi connectivity index (χ1) is 6.97. The summed E-state index contributed by atoms with van der Waals surface area (Å²) < 4.78 is 37.3. The van der Waals surface area contributed by atoms with E-state index in [1.165, 1.54) is 6.07 Å². The molecule has 1 aromatic carbocycles. The van der Waals surface area contributed by atoms with Gasteiger partial charge < -0.3 is 4.90 Å². The van der Waals surface area contributed by atoms with E-state index in [0.717, 1.165) is 30.3 Å². The van der Waals surface area contributed by atoms with E-state index in [2.05, 4.69) is 4.90 Å². The summed E-state index contributed by atoms with van der Waals surface area (Å²) in [5.41, 5.74) is 1.31. The second-order valence-electron chi connectivity index (χ2n) is 3.97. The van der Waals surface area contributed by atoms with Crippen molar-refractivity contribution in [2.75, 3.05) is 13.6 Å². The number of nitrogens with zero attached hydrogens (tertiary/aromatic N) is 1. The summed E-state index contributed by atoms with van der Waals surface area (Å²) in [7, 11) is 1.97. The average molecular weight is 215 g/mol. The number of fused-ring (bicyclic) bond motifs is 1. The van der Waals surface area contributed by atoms with E-state index in [9.17, 15) is 13.2 Å². The van der Waals surface area contributed by atoms with Crippen molar-refractivity contribution in [3.05, 3.63) is 34.9 Å². The predicted molar refractivity (Wildman–Crippen MR) is 51.5 cm³/mol. The zero-order valence-electron chi connectivity index (χ0n) is 8.43. The van der Waals surface area contributed by atoms with Crippen molar-refractivity contribution >= 4 is 0 Å². The van der Waals surface area contributed by atoms with Gasteiger partial charge in [0.15, 0.2) is 0 Å². The molecule has 0 radical (unpaired) electrons. The summed E-state index contributed by atoms with van der Waals surface area (Å²) in [4.78, 5) is 2.11. The molecule has 1 nitrogen and oxygen atoms in total. The van der Waals surface area contributed by atoms with E-state index in [-0.39, 0.29) is 0 Å². The van der Waals surface area contributed by atoms with Crippen molar-refractivity contribution in [2.24, 2.45) is 0 Å². The molecule has 0 fully saturated rings. The van der Waals surface area contributed by atoms with E-state index in [4.69, 9.17) is 0 Å². The Morgan fingerprint density at radius 2 is 1.93 bits per heavy atom. The maximum Gasteiger partial charge on any atom is 0.416 e. The number of hydrogen-bond acceptors (Lipinski definition) is 1. The summed E-state index contributed by atoms with van der Waals surface area (Å²) in [5, 5.41) is 0. The molecule has 82 valence electrons. The lowest BCUT2D eigenvalue weighted by atomic mass is 9.97. The van der Waals surface area contributed by atoms with Gasteiger partial charge in [-0.25, -0.2) is 0 Å². The van der Waals surface area contributed by atoms with Gasteiger partial charge in [0.1, 0.15) is 0 Å². The third kappa shape index (κ3) is 2.15. The van der Waals surface area contributed by atoms with E-state index >= 15 is 0 Å². The van der Waals surface area contributed by atoms with Gasteiger partial charge in [0.05, 0.1) is 5.56 Å². The monoisotopic (exact) mass is 215 g/mol. The van der Waals surface area contributed by atoms with Crippen LogP contribution in [0.15, 0.2) is 18.2 Å². The largest absolute Gasteiger partial charge is 0.416 e. The smallest absolute Gasteiger partial charge is 0.302 e. The fraction of sp³-hybridized carbons (Fsp3) is 0.455. The fourth-order valence-corrected chi connectivity index (χ4v) is 1.87. The van der Waals surface area contributed by atoms with Crippen LogP contribution in [0.4, 0.5) is 13.2 Å². The summed E-state index contributed by atoms with van der Waals surface area (Å²) in [6, 6.07) is 4.04. The molecule has 0 unspecified atom stereocenters. The highest BCUT2D eigenvalue weighted by Crippen LogP contribution is 2.31. The quantitative estimate of drug-likeness (QED) is 0.643. The van der Waals surface area contributed by atoms with Crippen LogP contribution >= 0.6 is 0 Å². The van der Waals surface area contributed by atoms with Gasteiger partial charge in [0.25, 0.3) is 0 Å². The van der Waals surface area contributed by atoms with E-state index in [1.54, 1.807) is 6.07 Å². The molecular weight excluding hydrogens is 203 g/mol. The third-order valence-electron chi connectivity index (χ3n) is 2.74. The van der Waals surface area contributed by atoms with E-state index < -0.39 is 11.7 Å². The molecule has 0 aromatic heterocycles. The van der Waals surface area contributed by atoms with Crippen LogP contribution < -0.4 is 0 Å². The van der Waals surface area contributed by atoms with Crippen LogP contribution in [0.1, 0.15) is 16.7 Å². The van der Waals surface area contributed by atoms with Gasteiger partial charge in [-0.2, -0.15) is 13.2 Å². The van der Waals surface area contributed by atoms with Gasteiger partial charge in [-0.1, -0.05) is 6.07 Å². The molecule has 15 heavy (non-hydrogen) atoms. The van der Waals surface area contributed by atoms with Crippen molar-refractivity contribution in [3.8, 4) is 0 Å². The van der Waals surface area contributed by atoms with Crippen LogP contribution in [0.5, 0.6) is 0 Å². The molecule has 0 saturated carbocycles. The predicted octanol–water partition coefficient (Wildman–Crippen LogP) is 2.69. The first-order valence-corrected chi connectivity index (χ1v) is 4.84. The zero-order chi connectivity index (χ0) is 11.1. The maximum absolute atomic E-state index is 12.4. The highest BCUT2D eigenvalue weighted by atomic mass is 19.4. The first-order valence-electron chi connectivity index (χ1n) is 4.84. The van der Waals surface area contributed by atoms with E-state index in [1.807, 2.05) is 7.05 Å². The molecule has 4 heteroatoms. The summed E-state index contributed by atoms with van der Waals surface area (Å²) >= 11 is 0. The topological polar surface area (TPSA) is 3.24 Å². The second-order valence-corrected chi connectivity index (χ2v) is 3.97. The van der Waals surface area contributed by atoms with Gasteiger partial charge >= 0.3 is 6.18 Å². The zero-order valence-corrected chi connectivity index (χ0v) is 8.43. The van der Waals surface area contributed by atoms with Gasteiger partial charge in [-0.05, 0) is 36.7 Å². The van der Waals surface area contributed by atoms with Gasteiger partial charge in [-0.3, -0.25) is 0 Å². The Labute approximate surface area is 86.5 Å². The van der Waals surface area contributed by atoms with Gasteiger partial charge in [0, 0.05) is 13.1 Å². The van der Waals surface area contributed by atoms with Crippen molar-refractivity contribution in [3.63, 3.8) is 0 Å². The fourth-order valence-electron chi connectivity index (χ4n) is 1.87.